The van der Waals surface area contributed by atoms with Gasteiger partial charge in [-0.1, -0.05) is 39.7 Å². The van der Waals surface area contributed by atoms with Crippen LogP contribution in [0.3, 0.4) is 0 Å². The quantitative estimate of drug-likeness (QED) is 0.524. The Morgan fingerprint density at radius 1 is 1.26 bits per heavy atom. The van der Waals surface area contributed by atoms with Crippen molar-refractivity contribution in [1.29, 1.82) is 0 Å². The lowest BCUT2D eigenvalue weighted by Gasteiger charge is -2.25. The van der Waals surface area contributed by atoms with Crippen LogP contribution >= 0.6 is 27.5 Å². The Kier molecular flexibility index (Phi) is 5.92. The summed E-state index contributed by atoms with van der Waals surface area (Å²) in [6, 6.07) is 11.0. The molecule has 0 atom stereocenters. The topological polar surface area (TPSA) is 59.2 Å². The zero-order valence-electron chi connectivity index (χ0n) is 14.6. The van der Waals surface area contributed by atoms with Crippen LogP contribution in [0.5, 0.6) is 0 Å². The molecule has 0 aliphatic carbocycles. The van der Waals surface area contributed by atoms with Crippen LogP contribution in [0.4, 0.5) is 4.39 Å². The van der Waals surface area contributed by atoms with Crippen LogP contribution in [0, 0.1) is 5.82 Å². The second kappa shape index (κ2) is 8.19. The van der Waals surface area contributed by atoms with E-state index in [4.69, 9.17) is 16.0 Å². The van der Waals surface area contributed by atoms with Crippen molar-refractivity contribution in [3.8, 4) is 11.5 Å². The van der Waals surface area contributed by atoms with E-state index < -0.39 is 5.82 Å². The first kappa shape index (κ1) is 19.5. The van der Waals surface area contributed by atoms with E-state index in [0.717, 1.165) is 0 Å². The third kappa shape index (κ3) is 4.54. The number of carbonyl (C=O) groups is 1. The van der Waals surface area contributed by atoms with Gasteiger partial charge in [0.2, 0.25) is 11.8 Å². The molecule has 1 amide bonds. The van der Waals surface area contributed by atoms with E-state index >= 15 is 0 Å². The van der Waals surface area contributed by atoms with Gasteiger partial charge in [0.05, 0.1) is 17.1 Å². The van der Waals surface area contributed by atoms with Gasteiger partial charge < -0.3 is 9.32 Å². The van der Waals surface area contributed by atoms with Crippen LogP contribution in [0.2, 0.25) is 5.02 Å². The van der Waals surface area contributed by atoms with Crippen molar-refractivity contribution >= 4 is 33.4 Å². The Morgan fingerprint density at radius 3 is 2.67 bits per heavy atom. The summed E-state index contributed by atoms with van der Waals surface area (Å²) in [4.78, 5) is 14.4. The van der Waals surface area contributed by atoms with Gasteiger partial charge >= 0.3 is 0 Å². The molecular weight excluding hydrogens is 437 g/mol. The molecule has 0 bridgehead atoms. The lowest BCUT2D eigenvalue weighted by Crippen LogP contribution is -2.36. The monoisotopic (exact) mass is 451 g/mol. The maximum absolute atomic E-state index is 13.7. The zero-order chi connectivity index (χ0) is 19.6. The maximum atomic E-state index is 13.7. The van der Waals surface area contributed by atoms with E-state index in [1.165, 1.54) is 17.0 Å². The van der Waals surface area contributed by atoms with Gasteiger partial charge in [-0.3, -0.25) is 4.79 Å². The molecule has 140 valence electrons. The summed E-state index contributed by atoms with van der Waals surface area (Å²) in [6.07, 6.45) is 0. The Labute approximate surface area is 169 Å². The van der Waals surface area contributed by atoms with Crippen LogP contribution in [-0.4, -0.2) is 27.0 Å². The number of hydrogen-bond donors (Lipinski definition) is 0. The van der Waals surface area contributed by atoms with Gasteiger partial charge in [0.25, 0.3) is 5.91 Å². The first-order valence-electron chi connectivity index (χ1n) is 8.19. The molecule has 0 spiro atoms. The highest BCUT2D eigenvalue weighted by Crippen LogP contribution is 2.27. The lowest BCUT2D eigenvalue weighted by molar-refractivity contribution is 0.0672. The van der Waals surface area contributed by atoms with Crippen LogP contribution in [0.1, 0.15) is 30.1 Å². The summed E-state index contributed by atoms with van der Waals surface area (Å²) >= 11 is 9.36. The molecule has 5 nitrogen and oxygen atoms in total. The third-order valence-electron chi connectivity index (χ3n) is 3.87. The molecule has 0 saturated heterocycles. The van der Waals surface area contributed by atoms with E-state index in [1.807, 2.05) is 19.9 Å². The fraction of sp³-hybridized carbons (Fsp3) is 0.211. The van der Waals surface area contributed by atoms with E-state index in [9.17, 15) is 9.18 Å². The molecule has 0 saturated carbocycles. The molecule has 0 unspecified atom stereocenters. The lowest BCUT2D eigenvalue weighted by atomic mass is 10.1. The minimum absolute atomic E-state index is 0.0993. The van der Waals surface area contributed by atoms with Crippen molar-refractivity contribution in [2.24, 2.45) is 0 Å². The Bertz CT molecular complexity index is 957. The van der Waals surface area contributed by atoms with Crippen molar-refractivity contribution in [1.82, 2.24) is 15.1 Å². The average Bonchev–Trinajstić information content (AvgIpc) is 3.07. The fourth-order valence-corrected chi connectivity index (χ4v) is 3.22. The number of aromatic nitrogens is 2. The minimum atomic E-state index is -0.491. The normalized spacial score (nSPS) is 11.0. The highest BCUT2D eigenvalue weighted by atomic mass is 79.9. The molecule has 1 heterocycles. The van der Waals surface area contributed by atoms with Crippen molar-refractivity contribution in [2.45, 2.75) is 26.4 Å². The predicted octanol–water partition coefficient (Wildman–Crippen LogP) is 5.34. The predicted molar refractivity (Wildman–Crippen MR) is 104 cm³/mol. The van der Waals surface area contributed by atoms with Crippen molar-refractivity contribution in [3.05, 3.63) is 69.2 Å². The van der Waals surface area contributed by atoms with Crippen LogP contribution in [0.15, 0.2) is 51.4 Å². The van der Waals surface area contributed by atoms with Gasteiger partial charge in [0.1, 0.15) is 5.82 Å². The van der Waals surface area contributed by atoms with E-state index in [2.05, 4.69) is 26.1 Å². The van der Waals surface area contributed by atoms with Gasteiger partial charge in [-0.2, -0.15) is 0 Å². The number of carbonyl (C=O) groups excluding carboxylic acids is 1. The largest absolute Gasteiger partial charge is 0.419 e. The zero-order valence-corrected chi connectivity index (χ0v) is 17.0. The molecule has 0 aliphatic heterocycles. The maximum Gasteiger partial charge on any atom is 0.254 e. The molecular formula is C19H16BrClFN3O2. The van der Waals surface area contributed by atoms with Crippen molar-refractivity contribution in [2.75, 3.05) is 0 Å². The van der Waals surface area contributed by atoms with Crippen LogP contribution in [-0.2, 0) is 6.54 Å². The molecule has 1 aromatic heterocycles. The second-order valence-electron chi connectivity index (χ2n) is 6.17. The first-order valence-corrected chi connectivity index (χ1v) is 9.36. The summed E-state index contributed by atoms with van der Waals surface area (Å²) in [5.41, 5.74) is 0.857. The van der Waals surface area contributed by atoms with Gasteiger partial charge in [0, 0.05) is 16.1 Å². The highest BCUT2D eigenvalue weighted by Gasteiger charge is 2.23. The second-order valence-corrected chi connectivity index (χ2v) is 7.49. The Hall–Kier alpha value is -2.25. The number of amides is 1. The Morgan fingerprint density at radius 2 is 2.00 bits per heavy atom. The summed E-state index contributed by atoms with van der Waals surface area (Å²) in [5.74, 6) is -0.277. The first-order chi connectivity index (χ1) is 12.8. The van der Waals surface area contributed by atoms with Gasteiger partial charge in [-0.15, -0.1) is 10.2 Å². The molecule has 2 aromatic carbocycles. The third-order valence-corrected chi connectivity index (χ3v) is 4.66. The molecule has 3 aromatic rings. The number of rotatable bonds is 5. The summed E-state index contributed by atoms with van der Waals surface area (Å²) < 4.78 is 19.8. The van der Waals surface area contributed by atoms with E-state index in [0.29, 0.717) is 15.1 Å². The molecule has 0 aliphatic rings. The van der Waals surface area contributed by atoms with Crippen LogP contribution < -0.4 is 0 Å². The smallest absolute Gasteiger partial charge is 0.254 e. The standard InChI is InChI=1S/C19H16BrClFN3O2/c1-11(2)25(19(26)12-7-13(20)9-14(22)8-12)10-17-23-24-18(27-17)15-5-3-4-6-16(15)21/h3-9,11H,10H2,1-2H3. The molecule has 0 radical (unpaired) electrons. The Balaban J connectivity index is 1.85. The summed E-state index contributed by atoms with van der Waals surface area (Å²) in [6.45, 7) is 3.82. The molecule has 3 rings (SSSR count). The molecule has 27 heavy (non-hydrogen) atoms. The highest BCUT2D eigenvalue weighted by molar-refractivity contribution is 9.10. The average molecular weight is 453 g/mol. The SMILES string of the molecule is CC(C)N(Cc1nnc(-c2ccccc2Cl)o1)C(=O)c1cc(F)cc(Br)c1. The summed E-state index contributed by atoms with van der Waals surface area (Å²) in [7, 11) is 0. The number of nitrogens with zero attached hydrogens (tertiary/aromatic N) is 3. The fourth-order valence-electron chi connectivity index (χ4n) is 2.54. The summed E-state index contributed by atoms with van der Waals surface area (Å²) in [5, 5.41) is 8.52. The van der Waals surface area contributed by atoms with Crippen LogP contribution in [0.25, 0.3) is 11.5 Å². The van der Waals surface area contributed by atoms with Gasteiger partial charge in [-0.05, 0) is 44.2 Å². The number of benzene rings is 2. The van der Waals surface area contributed by atoms with Gasteiger partial charge in [0.15, 0.2) is 0 Å². The minimum Gasteiger partial charge on any atom is -0.419 e. The van der Waals surface area contributed by atoms with E-state index in [-0.39, 0.29) is 35.8 Å². The molecule has 0 N–H and O–H groups in total. The molecule has 8 heteroatoms. The number of hydrogen-bond acceptors (Lipinski definition) is 4. The van der Waals surface area contributed by atoms with Crippen molar-refractivity contribution in [3.63, 3.8) is 0 Å². The van der Waals surface area contributed by atoms with E-state index in [1.54, 1.807) is 24.3 Å². The number of halogens is 3. The van der Waals surface area contributed by atoms with Crippen molar-refractivity contribution < 1.29 is 13.6 Å². The molecule has 0 fully saturated rings. The van der Waals surface area contributed by atoms with Gasteiger partial charge in [-0.25, -0.2) is 4.39 Å².